The summed E-state index contributed by atoms with van der Waals surface area (Å²) in [5, 5.41) is 0. The number of aromatic nitrogens is 1. The van der Waals surface area contributed by atoms with Gasteiger partial charge in [-0.25, -0.2) is 0 Å². The Bertz CT molecular complexity index is 491. The molecule has 0 saturated heterocycles. The van der Waals surface area contributed by atoms with E-state index in [4.69, 9.17) is 5.73 Å². The molecular weight excluding hydrogens is 210 g/mol. The van der Waals surface area contributed by atoms with E-state index >= 15 is 0 Å². The topological polar surface area (TPSA) is 42.2 Å². The van der Waals surface area contributed by atoms with Crippen LogP contribution in [0.1, 0.15) is 12.5 Å². The Hall–Kier alpha value is -2.03. The number of nitrogen functional groups attached to an aromatic ring is 1. The lowest BCUT2D eigenvalue weighted by Crippen LogP contribution is -2.17. The van der Waals surface area contributed by atoms with Gasteiger partial charge in [0.1, 0.15) is 0 Å². The lowest BCUT2D eigenvalue weighted by atomic mass is 10.2. The van der Waals surface area contributed by atoms with Crippen LogP contribution in [0.3, 0.4) is 0 Å². The van der Waals surface area contributed by atoms with Crippen molar-refractivity contribution < 1.29 is 0 Å². The number of anilines is 3. The Morgan fingerprint density at radius 2 is 1.88 bits per heavy atom. The summed E-state index contributed by atoms with van der Waals surface area (Å²) < 4.78 is 0. The van der Waals surface area contributed by atoms with Gasteiger partial charge < -0.3 is 10.6 Å². The van der Waals surface area contributed by atoms with Crippen molar-refractivity contribution in [1.29, 1.82) is 0 Å². The van der Waals surface area contributed by atoms with Gasteiger partial charge in [0, 0.05) is 18.4 Å². The summed E-state index contributed by atoms with van der Waals surface area (Å²) in [5.41, 5.74) is 10.1. The van der Waals surface area contributed by atoms with Gasteiger partial charge in [-0.3, -0.25) is 4.98 Å². The van der Waals surface area contributed by atoms with Gasteiger partial charge in [0.25, 0.3) is 0 Å². The van der Waals surface area contributed by atoms with Crippen molar-refractivity contribution in [3.63, 3.8) is 0 Å². The minimum absolute atomic E-state index is 0.704. The molecule has 0 radical (unpaired) electrons. The molecule has 0 saturated carbocycles. The summed E-state index contributed by atoms with van der Waals surface area (Å²) in [7, 11) is 0. The Kier molecular flexibility index (Phi) is 3.28. The third-order valence-electron chi connectivity index (χ3n) is 2.78. The van der Waals surface area contributed by atoms with E-state index in [2.05, 4.69) is 48.0 Å². The maximum Gasteiger partial charge on any atom is 0.0741 e. The van der Waals surface area contributed by atoms with Crippen molar-refractivity contribution in [2.45, 2.75) is 13.8 Å². The third kappa shape index (κ3) is 2.38. The molecule has 0 atom stereocenters. The highest BCUT2D eigenvalue weighted by Crippen LogP contribution is 2.29. The second kappa shape index (κ2) is 4.87. The van der Waals surface area contributed by atoms with Crippen LogP contribution in [0.4, 0.5) is 17.1 Å². The molecule has 0 aliphatic rings. The highest BCUT2D eigenvalue weighted by Gasteiger charge is 2.09. The van der Waals surface area contributed by atoms with E-state index in [1.54, 1.807) is 12.4 Å². The maximum absolute atomic E-state index is 5.96. The Morgan fingerprint density at radius 1 is 1.18 bits per heavy atom. The van der Waals surface area contributed by atoms with Crippen LogP contribution in [0.25, 0.3) is 0 Å². The van der Waals surface area contributed by atoms with Crippen molar-refractivity contribution in [2.24, 2.45) is 0 Å². The molecule has 0 aliphatic carbocycles. The average Bonchev–Trinajstić information content (AvgIpc) is 2.35. The normalized spacial score (nSPS) is 10.2. The van der Waals surface area contributed by atoms with Crippen molar-refractivity contribution in [1.82, 2.24) is 4.98 Å². The van der Waals surface area contributed by atoms with Gasteiger partial charge in [0.05, 0.1) is 17.6 Å². The zero-order valence-corrected chi connectivity index (χ0v) is 10.2. The van der Waals surface area contributed by atoms with Gasteiger partial charge in [0.2, 0.25) is 0 Å². The van der Waals surface area contributed by atoms with Crippen LogP contribution in [-0.2, 0) is 0 Å². The molecule has 3 nitrogen and oxygen atoms in total. The fraction of sp³-hybridized carbons (Fsp3) is 0.214. The number of hydrogen-bond acceptors (Lipinski definition) is 3. The molecule has 0 aliphatic heterocycles. The lowest BCUT2D eigenvalue weighted by Gasteiger charge is -2.24. The van der Waals surface area contributed by atoms with Gasteiger partial charge in [-0.1, -0.05) is 17.7 Å². The Balaban J connectivity index is 2.40. The second-order valence-electron chi connectivity index (χ2n) is 4.01. The molecule has 1 aromatic heterocycles. The van der Waals surface area contributed by atoms with Crippen molar-refractivity contribution in [3.05, 3.63) is 48.3 Å². The molecule has 2 rings (SSSR count). The summed E-state index contributed by atoms with van der Waals surface area (Å²) >= 11 is 0. The standard InChI is InChI=1S/C14H17N3/c1-3-17(12-6-4-11(2)5-7-12)14-8-9-16-10-13(14)15/h4-10H,3,15H2,1-2H3. The van der Waals surface area contributed by atoms with Gasteiger partial charge in [-0.2, -0.15) is 0 Å². The number of nitrogens with zero attached hydrogens (tertiary/aromatic N) is 2. The van der Waals surface area contributed by atoms with E-state index in [1.807, 2.05) is 6.07 Å². The highest BCUT2D eigenvalue weighted by molar-refractivity contribution is 5.73. The van der Waals surface area contributed by atoms with Crippen LogP contribution in [0.5, 0.6) is 0 Å². The first-order valence-electron chi connectivity index (χ1n) is 5.76. The van der Waals surface area contributed by atoms with E-state index in [1.165, 1.54) is 5.56 Å². The summed E-state index contributed by atoms with van der Waals surface area (Å²) in [6.07, 6.45) is 3.45. The smallest absolute Gasteiger partial charge is 0.0741 e. The first-order valence-corrected chi connectivity index (χ1v) is 5.76. The molecule has 0 bridgehead atoms. The summed E-state index contributed by atoms with van der Waals surface area (Å²) in [5.74, 6) is 0. The van der Waals surface area contributed by atoms with Crippen molar-refractivity contribution >= 4 is 17.1 Å². The van der Waals surface area contributed by atoms with E-state index < -0.39 is 0 Å². The number of nitrogens with two attached hydrogens (primary N) is 1. The fourth-order valence-electron chi connectivity index (χ4n) is 1.86. The van der Waals surface area contributed by atoms with Crippen LogP contribution in [0.15, 0.2) is 42.7 Å². The minimum Gasteiger partial charge on any atom is -0.396 e. The van der Waals surface area contributed by atoms with Crippen molar-refractivity contribution in [3.8, 4) is 0 Å². The molecule has 1 heterocycles. The molecule has 0 unspecified atom stereocenters. The molecule has 3 heteroatoms. The predicted octanol–water partition coefficient (Wildman–Crippen LogP) is 3.13. The lowest BCUT2D eigenvalue weighted by molar-refractivity contribution is 1.02. The minimum atomic E-state index is 0.704. The maximum atomic E-state index is 5.96. The summed E-state index contributed by atoms with van der Waals surface area (Å²) in [6.45, 7) is 5.07. The number of aryl methyl sites for hydroxylation is 1. The zero-order chi connectivity index (χ0) is 12.3. The van der Waals surface area contributed by atoms with Gasteiger partial charge in [0.15, 0.2) is 0 Å². The molecule has 2 N–H and O–H groups in total. The predicted molar refractivity (Wildman–Crippen MR) is 72.5 cm³/mol. The average molecular weight is 227 g/mol. The van der Waals surface area contributed by atoms with E-state index in [0.29, 0.717) is 5.69 Å². The van der Waals surface area contributed by atoms with E-state index in [0.717, 1.165) is 17.9 Å². The molecule has 0 spiro atoms. The first-order chi connectivity index (χ1) is 8.22. The molecule has 0 fully saturated rings. The number of rotatable bonds is 3. The zero-order valence-electron chi connectivity index (χ0n) is 10.2. The van der Waals surface area contributed by atoms with Gasteiger partial charge in [-0.05, 0) is 32.0 Å². The highest BCUT2D eigenvalue weighted by atomic mass is 15.1. The SMILES string of the molecule is CCN(c1ccc(C)cc1)c1ccncc1N. The van der Waals surface area contributed by atoms with E-state index in [9.17, 15) is 0 Å². The van der Waals surface area contributed by atoms with E-state index in [-0.39, 0.29) is 0 Å². The summed E-state index contributed by atoms with van der Waals surface area (Å²) in [6, 6.07) is 10.4. The van der Waals surface area contributed by atoms with Crippen LogP contribution >= 0.6 is 0 Å². The number of hydrogen-bond donors (Lipinski definition) is 1. The monoisotopic (exact) mass is 227 g/mol. The molecular formula is C14H17N3. The molecule has 0 amide bonds. The van der Waals surface area contributed by atoms with Crippen LogP contribution in [0.2, 0.25) is 0 Å². The quantitative estimate of drug-likeness (QED) is 0.876. The number of benzene rings is 1. The molecule has 17 heavy (non-hydrogen) atoms. The van der Waals surface area contributed by atoms with Crippen molar-refractivity contribution in [2.75, 3.05) is 17.2 Å². The third-order valence-corrected chi connectivity index (χ3v) is 2.78. The summed E-state index contributed by atoms with van der Waals surface area (Å²) in [4.78, 5) is 6.19. The largest absolute Gasteiger partial charge is 0.396 e. The molecule has 88 valence electrons. The fourth-order valence-corrected chi connectivity index (χ4v) is 1.86. The number of pyridine rings is 1. The van der Waals surface area contributed by atoms with Crippen LogP contribution in [-0.4, -0.2) is 11.5 Å². The van der Waals surface area contributed by atoms with Gasteiger partial charge >= 0.3 is 0 Å². The molecule has 1 aromatic carbocycles. The van der Waals surface area contributed by atoms with Gasteiger partial charge in [-0.15, -0.1) is 0 Å². The molecule has 2 aromatic rings. The first kappa shape index (κ1) is 11.5. The van der Waals surface area contributed by atoms with Crippen LogP contribution in [0, 0.1) is 6.92 Å². The second-order valence-corrected chi connectivity index (χ2v) is 4.01. The Morgan fingerprint density at radius 3 is 2.47 bits per heavy atom. The Labute approximate surface area is 102 Å². The van der Waals surface area contributed by atoms with Crippen LogP contribution < -0.4 is 10.6 Å².